The van der Waals surface area contributed by atoms with Crippen LogP contribution in [0.4, 0.5) is 0 Å². The van der Waals surface area contributed by atoms with Crippen LogP contribution < -0.4 is 4.74 Å². The molecule has 0 aliphatic heterocycles. The van der Waals surface area contributed by atoms with Crippen LogP contribution in [0.15, 0.2) is 18.6 Å². The van der Waals surface area contributed by atoms with Crippen LogP contribution in [-0.2, 0) is 6.54 Å². The minimum atomic E-state index is -0.240. The number of aromatic nitrogens is 4. The predicted octanol–water partition coefficient (Wildman–Crippen LogP) is 0.783. The lowest BCUT2D eigenvalue weighted by Gasteiger charge is -2.11. The number of hydrogen-bond acceptors (Lipinski definition) is 6. The van der Waals surface area contributed by atoms with E-state index in [0.717, 1.165) is 12.2 Å². The second-order valence-corrected chi connectivity index (χ2v) is 4.96. The molecule has 2 aromatic rings. The summed E-state index contributed by atoms with van der Waals surface area (Å²) in [7, 11) is 5.45. The topological polar surface area (TPSA) is 73.1 Å². The molecule has 0 radical (unpaired) electrons. The lowest BCUT2D eigenvalue weighted by atomic mass is 10.2. The Balaban J connectivity index is 2.34. The Hall–Kier alpha value is -2.28. The van der Waals surface area contributed by atoms with Gasteiger partial charge in [-0.15, -0.1) is 0 Å². The molecule has 0 fully saturated rings. The van der Waals surface area contributed by atoms with Gasteiger partial charge in [0, 0.05) is 12.7 Å². The van der Waals surface area contributed by atoms with E-state index in [4.69, 9.17) is 4.74 Å². The molecule has 0 aromatic carbocycles. The van der Waals surface area contributed by atoms with E-state index >= 15 is 0 Å². The quantitative estimate of drug-likeness (QED) is 0.732. The Morgan fingerprint density at radius 1 is 1.29 bits per heavy atom. The molecule has 2 aromatic heterocycles. The van der Waals surface area contributed by atoms with Crippen molar-refractivity contribution in [1.29, 1.82) is 0 Å². The van der Waals surface area contributed by atoms with Crippen LogP contribution in [0.2, 0.25) is 0 Å². The van der Waals surface area contributed by atoms with Crippen molar-refractivity contribution in [2.24, 2.45) is 0 Å². The first-order valence-electron chi connectivity index (χ1n) is 6.60. The van der Waals surface area contributed by atoms with Crippen LogP contribution >= 0.6 is 0 Å². The number of hydrogen-bond donors (Lipinski definition) is 0. The van der Waals surface area contributed by atoms with Crippen molar-refractivity contribution in [2.45, 2.75) is 13.5 Å². The van der Waals surface area contributed by atoms with Crippen molar-refractivity contribution >= 4 is 5.78 Å². The summed E-state index contributed by atoms with van der Waals surface area (Å²) in [6.07, 6.45) is 4.59. The van der Waals surface area contributed by atoms with Gasteiger partial charge in [-0.25, -0.2) is 4.98 Å². The Labute approximate surface area is 123 Å². The zero-order chi connectivity index (χ0) is 15.4. The first-order valence-corrected chi connectivity index (χ1v) is 6.60. The third kappa shape index (κ3) is 3.43. The summed E-state index contributed by atoms with van der Waals surface area (Å²) in [6, 6.07) is 0. The molecule has 0 atom stereocenters. The van der Waals surface area contributed by atoms with Gasteiger partial charge >= 0.3 is 0 Å². The summed E-state index contributed by atoms with van der Waals surface area (Å²) in [5.41, 5.74) is 1.45. The molecule has 0 aliphatic rings. The molecule has 0 unspecified atom stereocenters. The van der Waals surface area contributed by atoms with Gasteiger partial charge in [0.1, 0.15) is 5.69 Å². The number of ketones is 1. The molecule has 2 heterocycles. The normalized spacial score (nSPS) is 10.9. The third-order valence-electron chi connectivity index (χ3n) is 3.01. The van der Waals surface area contributed by atoms with E-state index in [0.29, 0.717) is 18.0 Å². The molecule has 0 aliphatic carbocycles. The second kappa shape index (κ2) is 6.45. The van der Waals surface area contributed by atoms with Crippen LogP contribution in [0.25, 0.3) is 0 Å². The van der Waals surface area contributed by atoms with Gasteiger partial charge in [-0.05, 0) is 21.0 Å². The summed E-state index contributed by atoms with van der Waals surface area (Å²) in [4.78, 5) is 22.9. The molecule has 0 saturated carbocycles. The van der Waals surface area contributed by atoms with Gasteiger partial charge in [0.25, 0.3) is 0 Å². The van der Waals surface area contributed by atoms with Crippen LogP contribution in [0.3, 0.4) is 0 Å². The zero-order valence-corrected chi connectivity index (χ0v) is 12.7. The highest BCUT2D eigenvalue weighted by Crippen LogP contribution is 2.20. The van der Waals surface area contributed by atoms with Gasteiger partial charge in [-0.2, -0.15) is 5.10 Å². The maximum absolute atomic E-state index is 12.6. The van der Waals surface area contributed by atoms with Crippen LogP contribution in [-0.4, -0.2) is 58.2 Å². The predicted molar refractivity (Wildman–Crippen MR) is 77.5 cm³/mol. The second-order valence-electron chi connectivity index (χ2n) is 4.96. The molecule has 112 valence electrons. The average molecular weight is 289 g/mol. The molecular formula is C14H19N5O2. The number of nitrogens with zero attached hydrogens (tertiary/aromatic N) is 5. The lowest BCUT2D eigenvalue weighted by molar-refractivity contribution is 0.102. The summed E-state index contributed by atoms with van der Waals surface area (Å²) < 4.78 is 6.87. The van der Waals surface area contributed by atoms with E-state index in [9.17, 15) is 4.79 Å². The van der Waals surface area contributed by atoms with Gasteiger partial charge in [0.2, 0.25) is 5.78 Å². The molecule has 21 heavy (non-hydrogen) atoms. The van der Waals surface area contributed by atoms with Gasteiger partial charge in [-0.3, -0.25) is 14.5 Å². The maximum Gasteiger partial charge on any atom is 0.234 e. The molecule has 0 saturated heterocycles. The molecule has 7 heteroatoms. The van der Waals surface area contributed by atoms with Crippen molar-refractivity contribution in [2.75, 3.05) is 27.7 Å². The highest BCUT2D eigenvalue weighted by atomic mass is 16.5. The Bertz CT molecular complexity index is 619. The fraction of sp³-hybridized carbons (Fsp3) is 0.429. The molecule has 0 bridgehead atoms. The van der Waals surface area contributed by atoms with Gasteiger partial charge < -0.3 is 9.64 Å². The molecular weight excluding hydrogens is 270 g/mol. The number of carbonyl (C=O) groups is 1. The minimum Gasteiger partial charge on any atom is -0.493 e. The number of aryl methyl sites for hydroxylation is 1. The first kappa shape index (κ1) is 15.1. The number of ether oxygens (including phenoxy) is 1. The number of methoxy groups -OCH3 is 1. The summed E-state index contributed by atoms with van der Waals surface area (Å²) in [5, 5.41) is 4.22. The maximum atomic E-state index is 12.6. The van der Waals surface area contributed by atoms with E-state index in [1.165, 1.54) is 13.3 Å². The van der Waals surface area contributed by atoms with E-state index in [1.54, 1.807) is 17.1 Å². The van der Waals surface area contributed by atoms with E-state index in [-0.39, 0.29) is 11.5 Å². The minimum absolute atomic E-state index is 0.240. The molecule has 0 spiro atoms. The third-order valence-corrected chi connectivity index (χ3v) is 3.01. The van der Waals surface area contributed by atoms with Crippen molar-refractivity contribution < 1.29 is 9.53 Å². The highest BCUT2D eigenvalue weighted by Gasteiger charge is 2.22. The van der Waals surface area contributed by atoms with Crippen LogP contribution in [0, 0.1) is 6.92 Å². The molecule has 0 amide bonds. The lowest BCUT2D eigenvalue weighted by Crippen LogP contribution is -2.22. The SMILES string of the molecule is COc1cnn(CCN(C)C)c1C(=O)c1cnc(C)cn1. The van der Waals surface area contributed by atoms with E-state index < -0.39 is 0 Å². The Morgan fingerprint density at radius 3 is 2.62 bits per heavy atom. The number of carbonyl (C=O) groups excluding carboxylic acids is 1. The van der Waals surface area contributed by atoms with Crippen LogP contribution in [0.1, 0.15) is 21.9 Å². The van der Waals surface area contributed by atoms with Gasteiger partial charge in [-0.1, -0.05) is 0 Å². The standard InChI is InChI=1S/C14H19N5O2/c1-10-7-16-11(8-15-10)14(20)13-12(21-4)9-17-19(13)6-5-18(2)3/h7-9H,5-6H2,1-4H3. The summed E-state index contributed by atoms with van der Waals surface area (Å²) in [5.74, 6) is 0.205. The zero-order valence-electron chi connectivity index (χ0n) is 12.7. The van der Waals surface area contributed by atoms with E-state index in [2.05, 4.69) is 15.1 Å². The number of likely N-dealkylation sites (N-methyl/N-ethyl adjacent to an activating group) is 1. The van der Waals surface area contributed by atoms with Crippen molar-refractivity contribution in [3.63, 3.8) is 0 Å². The fourth-order valence-electron chi connectivity index (χ4n) is 1.84. The first-order chi connectivity index (χ1) is 10.0. The van der Waals surface area contributed by atoms with Crippen LogP contribution in [0.5, 0.6) is 5.75 Å². The van der Waals surface area contributed by atoms with Crippen molar-refractivity contribution in [3.05, 3.63) is 35.7 Å². The smallest absolute Gasteiger partial charge is 0.234 e. The van der Waals surface area contributed by atoms with Gasteiger partial charge in [0.15, 0.2) is 11.4 Å². The summed E-state index contributed by atoms with van der Waals surface area (Å²) >= 11 is 0. The Morgan fingerprint density at radius 2 is 2.05 bits per heavy atom. The number of rotatable bonds is 6. The fourth-order valence-corrected chi connectivity index (χ4v) is 1.84. The monoisotopic (exact) mass is 289 g/mol. The molecule has 0 N–H and O–H groups in total. The highest BCUT2D eigenvalue weighted by molar-refractivity contribution is 6.08. The molecule has 2 rings (SSSR count). The van der Waals surface area contributed by atoms with Crippen molar-refractivity contribution in [1.82, 2.24) is 24.6 Å². The molecule has 7 nitrogen and oxygen atoms in total. The van der Waals surface area contributed by atoms with E-state index in [1.807, 2.05) is 25.9 Å². The average Bonchev–Trinajstić information content (AvgIpc) is 2.88. The largest absolute Gasteiger partial charge is 0.493 e. The van der Waals surface area contributed by atoms with Crippen molar-refractivity contribution in [3.8, 4) is 5.75 Å². The Kier molecular flexibility index (Phi) is 4.64. The van der Waals surface area contributed by atoms with Gasteiger partial charge in [0.05, 0.1) is 31.7 Å². The summed E-state index contributed by atoms with van der Waals surface area (Å²) in [6.45, 7) is 3.19.